The van der Waals surface area contributed by atoms with Crippen molar-refractivity contribution in [1.82, 2.24) is 10.2 Å². The topological polar surface area (TPSA) is 24.5 Å². The van der Waals surface area contributed by atoms with Gasteiger partial charge in [-0.15, -0.1) is 0 Å². The van der Waals surface area contributed by atoms with Gasteiger partial charge in [0, 0.05) is 30.1 Å². The summed E-state index contributed by atoms with van der Waals surface area (Å²) in [4.78, 5) is 2.74. The van der Waals surface area contributed by atoms with Crippen molar-refractivity contribution in [2.45, 2.75) is 37.4 Å². The summed E-state index contributed by atoms with van der Waals surface area (Å²) in [6, 6.07) is 31.4. The molecule has 6 rings (SSSR count). The van der Waals surface area contributed by atoms with Crippen LogP contribution in [0.15, 0.2) is 97.6 Å². The van der Waals surface area contributed by atoms with E-state index in [4.69, 9.17) is 4.74 Å². The Morgan fingerprint density at radius 2 is 1.48 bits per heavy atom. The van der Waals surface area contributed by atoms with E-state index in [1.165, 1.54) is 42.6 Å². The first-order chi connectivity index (χ1) is 16.3. The lowest BCUT2D eigenvalue weighted by atomic mass is 9.70. The third kappa shape index (κ3) is 4.75. The molecule has 3 heteroatoms. The number of hydrogen-bond acceptors (Lipinski definition) is 3. The zero-order valence-corrected chi connectivity index (χ0v) is 19.3. The molecule has 3 aliphatic rings. The predicted octanol–water partition coefficient (Wildman–Crippen LogP) is 5.64. The first-order valence-electron chi connectivity index (χ1n) is 12.2. The zero-order valence-electron chi connectivity index (χ0n) is 19.3. The van der Waals surface area contributed by atoms with E-state index in [9.17, 15) is 0 Å². The minimum absolute atomic E-state index is 0.347. The largest absolute Gasteiger partial charge is 0.489 e. The second kappa shape index (κ2) is 10.4. The van der Waals surface area contributed by atoms with Crippen molar-refractivity contribution < 1.29 is 4.74 Å². The first kappa shape index (κ1) is 21.9. The second-order valence-electron chi connectivity index (χ2n) is 9.28. The number of hydrogen-bond donors (Lipinski definition) is 1. The summed E-state index contributed by atoms with van der Waals surface area (Å²) in [5, 5.41) is 4.01. The fourth-order valence-electron chi connectivity index (χ4n) is 5.86. The van der Waals surface area contributed by atoms with E-state index in [-0.39, 0.29) is 0 Å². The third-order valence-electron chi connectivity index (χ3n) is 7.39. The molecule has 0 saturated carbocycles. The molecular weight excluding hydrogens is 404 g/mol. The Bertz CT molecular complexity index is 988. The van der Waals surface area contributed by atoms with Crippen molar-refractivity contribution in [2.24, 2.45) is 5.92 Å². The van der Waals surface area contributed by atoms with Gasteiger partial charge in [-0.1, -0.05) is 91.5 Å². The number of nitrogens with zero attached hydrogens (tertiary/aromatic N) is 1. The standard InChI is InChI=1S/C30H34N2O/c1-2-21-33-27-16-10-9-15-26(27)22-31-29-25-17-19-32(20-18-25)30(29)28(23-11-5-3-6-12-23)24-13-7-4-8-14-24/h2-16,25,28-31H,1,17-22H2/t29-,30+/m1/s1. The van der Waals surface area contributed by atoms with E-state index in [1.807, 2.05) is 6.07 Å². The molecule has 3 aliphatic heterocycles. The molecule has 0 aliphatic carbocycles. The maximum Gasteiger partial charge on any atom is 0.124 e. The van der Waals surface area contributed by atoms with E-state index in [0.29, 0.717) is 30.5 Å². The Hall–Kier alpha value is -2.88. The van der Waals surface area contributed by atoms with Crippen LogP contribution in [0.4, 0.5) is 0 Å². The summed E-state index contributed by atoms with van der Waals surface area (Å²) in [6.07, 6.45) is 4.36. The first-order valence-corrected chi connectivity index (χ1v) is 12.2. The normalized spacial score (nSPS) is 24.0. The number of ether oxygens (including phenoxy) is 1. The molecule has 3 saturated heterocycles. The molecule has 0 unspecified atom stereocenters. The summed E-state index contributed by atoms with van der Waals surface area (Å²) in [5.41, 5.74) is 4.02. The lowest BCUT2D eigenvalue weighted by molar-refractivity contribution is 0.00461. The van der Waals surface area contributed by atoms with Gasteiger partial charge in [-0.05, 0) is 49.0 Å². The molecule has 3 nitrogen and oxygen atoms in total. The smallest absolute Gasteiger partial charge is 0.124 e. The minimum Gasteiger partial charge on any atom is -0.489 e. The molecule has 0 amide bonds. The molecule has 1 N–H and O–H groups in total. The van der Waals surface area contributed by atoms with Crippen molar-refractivity contribution in [2.75, 3.05) is 19.7 Å². The molecule has 0 spiro atoms. The van der Waals surface area contributed by atoms with Crippen LogP contribution < -0.4 is 10.1 Å². The Kier molecular flexibility index (Phi) is 6.89. The van der Waals surface area contributed by atoms with E-state index >= 15 is 0 Å². The number of nitrogens with one attached hydrogen (secondary N) is 1. The average molecular weight is 439 g/mol. The molecular formula is C30H34N2O. The van der Waals surface area contributed by atoms with Crippen LogP contribution in [0.5, 0.6) is 5.75 Å². The van der Waals surface area contributed by atoms with E-state index in [0.717, 1.165) is 12.3 Å². The second-order valence-corrected chi connectivity index (χ2v) is 9.28. The third-order valence-corrected chi connectivity index (χ3v) is 7.39. The Morgan fingerprint density at radius 3 is 2.12 bits per heavy atom. The highest BCUT2D eigenvalue weighted by Gasteiger charge is 2.46. The minimum atomic E-state index is 0.347. The van der Waals surface area contributed by atoms with Crippen molar-refractivity contribution in [3.63, 3.8) is 0 Å². The van der Waals surface area contributed by atoms with Gasteiger partial charge in [-0.25, -0.2) is 0 Å². The predicted molar refractivity (Wildman–Crippen MR) is 136 cm³/mol. The molecule has 0 radical (unpaired) electrons. The van der Waals surface area contributed by atoms with Crippen LogP contribution >= 0.6 is 0 Å². The van der Waals surface area contributed by atoms with Gasteiger partial charge < -0.3 is 10.1 Å². The lowest BCUT2D eigenvalue weighted by Gasteiger charge is -2.54. The van der Waals surface area contributed by atoms with Gasteiger partial charge in [0.25, 0.3) is 0 Å². The fraction of sp³-hybridized carbons (Fsp3) is 0.333. The quantitative estimate of drug-likeness (QED) is 0.438. The summed E-state index contributed by atoms with van der Waals surface area (Å²) < 4.78 is 5.93. The number of rotatable bonds is 9. The lowest BCUT2D eigenvalue weighted by Crippen LogP contribution is -2.64. The maximum atomic E-state index is 5.93. The molecule has 2 bridgehead atoms. The van der Waals surface area contributed by atoms with Gasteiger partial charge in [-0.2, -0.15) is 0 Å². The van der Waals surface area contributed by atoms with Crippen LogP contribution in [0.3, 0.4) is 0 Å². The van der Waals surface area contributed by atoms with Crippen LogP contribution in [0.1, 0.15) is 35.4 Å². The number of para-hydroxylation sites is 1. The van der Waals surface area contributed by atoms with Crippen LogP contribution in [0.2, 0.25) is 0 Å². The van der Waals surface area contributed by atoms with Gasteiger partial charge in [0.15, 0.2) is 0 Å². The highest BCUT2D eigenvalue weighted by atomic mass is 16.5. The summed E-state index contributed by atoms with van der Waals surface area (Å²) in [5.74, 6) is 2.00. The maximum absolute atomic E-state index is 5.93. The molecule has 33 heavy (non-hydrogen) atoms. The summed E-state index contributed by atoms with van der Waals surface area (Å²) >= 11 is 0. The molecule has 3 heterocycles. The number of benzene rings is 3. The average Bonchev–Trinajstić information content (AvgIpc) is 2.89. The van der Waals surface area contributed by atoms with Crippen molar-refractivity contribution in [3.8, 4) is 5.75 Å². The molecule has 3 fully saturated rings. The van der Waals surface area contributed by atoms with Crippen LogP contribution in [-0.2, 0) is 6.54 Å². The van der Waals surface area contributed by atoms with Gasteiger partial charge in [0.2, 0.25) is 0 Å². The van der Waals surface area contributed by atoms with Gasteiger partial charge in [0.1, 0.15) is 12.4 Å². The van der Waals surface area contributed by atoms with Gasteiger partial charge in [-0.3, -0.25) is 4.90 Å². The Balaban J connectivity index is 1.46. The van der Waals surface area contributed by atoms with E-state index in [1.54, 1.807) is 6.08 Å². The fourth-order valence-corrected chi connectivity index (χ4v) is 5.86. The highest BCUT2D eigenvalue weighted by molar-refractivity contribution is 5.37. The summed E-state index contributed by atoms with van der Waals surface area (Å²) in [7, 11) is 0. The van der Waals surface area contributed by atoms with E-state index in [2.05, 4.69) is 95.7 Å². The van der Waals surface area contributed by atoms with E-state index < -0.39 is 0 Å². The highest BCUT2D eigenvalue weighted by Crippen LogP contribution is 2.42. The zero-order chi connectivity index (χ0) is 22.5. The summed E-state index contributed by atoms with van der Waals surface area (Å²) in [6.45, 7) is 7.53. The number of fused-ring (bicyclic) bond motifs is 3. The van der Waals surface area contributed by atoms with Gasteiger partial charge in [0.05, 0.1) is 0 Å². The molecule has 3 aromatic rings. The van der Waals surface area contributed by atoms with Crippen LogP contribution in [-0.4, -0.2) is 36.7 Å². The SMILES string of the molecule is C=CCOc1ccccc1CN[C@@H]1C2CCN(CC2)[C@H]1C(c1ccccc1)c1ccccc1. The number of piperidine rings is 3. The molecule has 3 aromatic carbocycles. The van der Waals surface area contributed by atoms with Crippen molar-refractivity contribution >= 4 is 0 Å². The van der Waals surface area contributed by atoms with Crippen molar-refractivity contribution in [3.05, 3.63) is 114 Å². The Morgan fingerprint density at radius 1 is 0.879 bits per heavy atom. The van der Waals surface area contributed by atoms with Crippen LogP contribution in [0, 0.1) is 5.92 Å². The van der Waals surface area contributed by atoms with Crippen molar-refractivity contribution in [1.29, 1.82) is 0 Å². The molecule has 170 valence electrons. The monoisotopic (exact) mass is 438 g/mol. The molecule has 0 aromatic heterocycles. The molecule has 2 atom stereocenters. The van der Waals surface area contributed by atoms with Gasteiger partial charge >= 0.3 is 0 Å². The van der Waals surface area contributed by atoms with Crippen LogP contribution in [0.25, 0.3) is 0 Å². The Labute approximate surface area is 198 Å².